The molecule has 2 atom stereocenters. The van der Waals surface area contributed by atoms with Crippen LogP contribution in [0.25, 0.3) is 0 Å². The molecule has 0 saturated carbocycles. The molecule has 0 amide bonds. The fourth-order valence-electron chi connectivity index (χ4n) is 2.45. The summed E-state index contributed by atoms with van der Waals surface area (Å²) >= 11 is 0. The Balaban J connectivity index is 1.78. The number of hydrogen-bond acceptors (Lipinski definition) is 4. The van der Waals surface area contributed by atoms with E-state index in [4.69, 9.17) is 9.47 Å². The van der Waals surface area contributed by atoms with E-state index in [0.29, 0.717) is 12.5 Å². The van der Waals surface area contributed by atoms with Gasteiger partial charge in [-0.1, -0.05) is 6.92 Å². The minimum absolute atomic E-state index is 0.332. The molecular formula is C15H23NO3. The maximum absolute atomic E-state index is 10.1. The third kappa shape index (κ3) is 3.85. The topological polar surface area (TPSA) is 41.9 Å². The van der Waals surface area contributed by atoms with Crippen LogP contribution in [0, 0.1) is 5.92 Å². The summed E-state index contributed by atoms with van der Waals surface area (Å²) in [6.07, 6.45) is 0.666. The SMILES string of the molecule is CCN1CCC(C(O)COc2ccc(OC)cc2)C1. The van der Waals surface area contributed by atoms with Crippen LogP contribution >= 0.6 is 0 Å². The van der Waals surface area contributed by atoms with Crippen LogP contribution in [0.2, 0.25) is 0 Å². The van der Waals surface area contributed by atoms with E-state index < -0.39 is 6.10 Å². The van der Waals surface area contributed by atoms with Crippen LogP contribution in [0.15, 0.2) is 24.3 Å². The fourth-order valence-corrected chi connectivity index (χ4v) is 2.45. The molecule has 1 heterocycles. The number of hydrogen-bond donors (Lipinski definition) is 1. The van der Waals surface area contributed by atoms with Crippen molar-refractivity contribution < 1.29 is 14.6 Å². The number of aliphatic hydroxyl groups excluding tert-OH is 1. The number of rotatable bonds is 6. The Morgan fingerprint density at radius 3 is 2.58 bits per heavy atom. The lowest BCUT2D eigenvalue weighted by Crippen LogP contribution is -2.30. The first-order chi connectivity index (χ1) is 9.22. The molecule has 1 aliphatic rings. The molecule has 19 heavy (non-hydrogen) atoms. The summed E-state index contributed by atoms with van der Waals surface area (Å²) < 4.78 is 10.7. The predicted molar refractivity (Wildman–Crippen MR) is 74.7 cm³/mol. The zero-order chi connectivity index (χ0) is 13.7. The lowest BCUT2D eigenvalue weighted by Gasteiger charge is -2.19. The molecule has 1 aromatic rings. The van der Waals surface area contributed by atoms with Crippen molar-refractivity contribution in [2.24, 2.45) is 5.92 Å². The summed E-state index contributed by atoms with van der Waals surface area (Å²) in [7, 11) is 1.64. The second-order valence-electron chi connectivity index (χ2n) is 5.00. The van der Waals surface area contributed by atoms with Gasteiger partial charge >= 0.3 is 0 Å². The minimum atomic E-state index is -0.390. The Bertz CT molecular complexity index is 379. The average Bonchev–Trinajstić information content (AvgIpc) is 2.94. The molecule has 4 heteroatoms. The summed E-state index contributed by atoms with van der Waals surface area (Å²) in [5.41, 5.74) is 0. The first kappa shape index (κ1) is 14.2. The highest BCUT2D eigenvalue weighted by Crippen LogP contribution is 2.21. The van der Waals surface area contributed by atoms with Crippen molar-refractivity contribution in [3.05, 3.63) is 24.3 Å². The standard InChI is InChI=1S/C15H23NO3/c1-3-16-9-8-12(10-16)15(17)11-19-14-6-4-13(18-2)5-7-14/h4-7,12,15,17H,3,8-11H2,1-2H3. The second kappa shape index (κ2) is 6.78. The van der Waals surface area contributed by atoms with Gasteiger partial charge in [-0.05, 0) is 43.8 Å². The molecule has 1 aromatic carbocycles. The highest BCUT2D eigenvalue weighted by molar-refractivity contribution is 5.31. The maximum Gasteiger partial charge on any atom is 0.119 e. The molecule has 106 valence electrons. The first-order valence-electron chi connectivity index (χ1n) is 6.90. The monoisotopic (exact) mass is 265 g/mol. The highest BCUT2D eigenvalue weighted by Gasteiger charge is 2.27. The number of ether oxygens (including phenoxy) is 2. The van der Waals surface area contributed by atoms with Crippen LogP contribution in [0.5, 0.6) is 11.5 Å². The number of nitrogens with zero attached hydrogens (tertiary/aromatic N) is 1. The van der Waals surface area contributed by atoms with Crippen LogP contribution in [0.3, 0.4) is 0 Å². The van der Waals surface area contributed by atoms with Gasteiger partial charge in [0, 0.05) is 12.5 Å². The van der Waals surface area contributed by atoms with E-state index in [1.54, 1.807) is 7.11 Å². The summed E-state index contributed by atoms with van der Waals surface area (Å²) in [5, 5.41) is 10.1. The van der Waals surface area contributed by atoms with Crippen LogP contribution < -0.4 is 9.47 Å². The quantitative estimate of drug-likeness (QED) is 0.851. The van der Waals surface area contributed by atoms with Gasteiger partial charge in [0.15, 0.2) is 0 Å². The summed E-state index contributed by atoms with van der Waals surface area (Å²) in [4.78, 5) is 2.36. The summed E-state index contributed by atoms with van der Waals surface area (Å²) in [6, 6.07) is 7.43. The van der Waals surface area contributed by atoms with E-state index in [1.165, 1.54) is 0 Å². The Kier molecular flexibility index (Phi) is 5.05. The van der Waals surface area contributed by atoms with Crippen molar-refractivity contribution in [1.82, 2.24) is 4.90 Å². The zero-order valence-electron chi connectivity index (χ0n) is 11.7. The normalized spacial score (nSPS) is 21.3. The molecule has 0 aromatic heterocycles. The van der Waals surface area contributed by atoms with E-state index in [-0.39, 0.29) is 0 Å². The molecule has 1 N–H and O–H groups in total. The molecule has 0 bridgehead atoms. The Labute approximate surface area is 114 Å². The smallest absolute Gasteiger partial charge is 0.119 e. The number of benzene rings is 1. The van der Waals surface area contributed by atoms with Crippen molar-refractivity contribution in [3.63, 3.8) is 0 Å². The molecule has 1 saturated heterocycles. The summed E-state index contributed by atoms with van der Waals surface area (Å²) in [5.74, 6) is 1.91. The van der Waals surface area contributed by atoms with Gasteiger partial charge in [0.25, 0.3) is 0 Å². The van der Waals surface area contributed by atoms with E-state index in [1.807, 2.05) is 24.3 Å². The van der Waals surface area contributed by atoms with Gasteiger partial charge in [0.05, 0.1) is 13.2 Å². The van der Waals surface area contributed by atoms with Crippen molar-refractivity contribution in [3.8, 4) is 11.5 Å². The zero-order valence-corrected chi connectivity index (χ0v) is 11.7. The number of likely N-dealkylation sites (tertiary alicyclic amines) is 1. The van der Waals surface area contributed by atoms with Gasteiger partial charge in [-0.25, -0.2) is 0 Å². The molecule has 0 spiro atoms. The minimum Gasteiger partial charge on any atom is -0.497 e. The van der Waals surface area contributed by atoms with Gasteiger partial charge in [0.2, 0.25) is 0 Å². The third-order valence-electron chi connectivity index (χ3n) is 3.78. The van der Waals surface area contributed by atoms with Crippen LogP contribution in [0.4, 0.5) is 0 Å². The lowest BCUT2D eigenvalue weighted by molar-refractivity contribution is 0.0599. The van der Waals surface area contributed by atoms with Crippen molar-refractivity contribution in [2.45, 2.75) is 19.4 Å². The van der Waals surface area contributed by atoms with Crippen molar-refractivity contribution in [2.75, 3.05) is 33.4 Å². The Morgan fingerprint density at radius 2 is 2.00 bits per heavy atom. The molecule has 0 aliphatic carbocycles. The molecule has 4 nitrogen and oxygen atoms in total. The predicted octanol–water partition coefficient (Wildman–Crippen LogP) is 1.78. The van der Waals surface area contributed by atoms with E-state index >= 15 is 0 Å². The van der Waals surface area contributed by atoms with Crippen molar-refractivity contribution >= 4 is 0 Å². The maximum atomic E-state index is 10.1. The summed E-state index contributed by atoms with van der Waals surface area (Å²) in [6.45, 7) is 5.63. The average molecular weight is 265 g/mol. The van der Waals surface area contributed by atoms with Gasteiger partial charge in [-0.3, -0.25) is 0 Å². The van der Waals surface area contributed by atoms with Gasteiger partial charge in [-0.15, -0.1) is 0 Å². The molecule has 0 radical (unpaired) electrons. The van der Waals surface area contributed by atoms with Crippen molar-refractivity contribution in [1.29, 1.82) is 0 Å². The molecule has 2 rings (SSSR count). The lowest BCUT2D eigenvalue weighted by atomic mass is 10.0. The molecule has 1 aliphatic heterocycles. The van der Waals surface area contributed by atoms with E-state index in [0.717, 1.165) is 37.6 Å². The van der Waals surface area contributed by atoms with Gasteiger partial charge in [-0.2, -0.15) is 0 Å². The number of methoxy groups -OCH3 is 1. The number of aliphatic hydroxyl groups is 1. The molecule has 1 fully saturated rings. The second-order valence-corrected chi connectivity index (χ2v) is 5.00. The fraction of sp³-hybridized carbons (Fsp3) is 0.600. The van der Waals surface area contributed by atoms with E-state index in [9.17, 15) is 5.11 Å². The first-order valence-corrected chi connectivity index (χ1v) is 6.90. The van der Waals surface area contributed by atoms with Crippen LogP contribution in [-0.2, 0) is 0 Å². The highest BCUT2D eigenvalue weighted by atomic mass is 16.5. The van der Waals surface area contributed by atoms with Crippen LogP contribution in [-0.4, -0.2) is 49.5 Å². The molecule has 2 unspecified atom stereocenters. The van der Waals surface area contributed by atoms with Crippen LogP contribution in [0.1, 0.15) is 13.3 Å². The van der Waals surface area contributed by atoms with E-state index in [2.05, 4.69) is 11.8 Å². The van der Waals surface area contributed by atoms with Gasteiger partial charge < -0.3 is 19.5 Å². The van der Waals surface area contributed by atoms with Gasteiger partial charge in [0.1, 0.15) is 18.1 Å². The third-order valence-corrected chi connectivity index (χ3v) is 3.78. The Morgan fingerprint density at radius 1 is 1.32 bits per heavy atom. The largest absolute Gasteiger partial charge is 0.497 e. The molecular weight excluding hydrogens is 242 g/mol. The Hall–Kier alpha value is -1.26.